The molecule has 5 rings (SSSR count). The molecular formula is C27H20O3. The van der Waals surface area contributed by atoms with Crippen LogP contribution in [0.2, 0.25) is 0 Å². The second-order valence-corrected chi connectivity index (χ2v) is 7.37. The monoisotopic (exact) mass is 392 g/mol. The minimum atomic E-state index is -0.372. The molecule has 0 spiro atoms. The Balaban J connectivity index is 1.51. The molecule has 5 aromatic rings. The fraction of sp³-hybridized carbons (Fsp3) is 0.0741. The van der Waals surface area contributed by atoms with Crippen molar-refractivity contribution in [3.05, 3.63) is 113 Å². The number of ether oxygens (including phenoxy) is 1. The first-order chi connectivity index (χ1) is 14.7. The minimum Gasteiger partial charge on any atom is -0.489 e. The fourth-order valence-corrected chi connectivity index (χ4v) is 3.88. The summed E-state index contributed by atoms with van der Waals surface area (Å²) in [6.07, 6.45) is 0. The summed E-state index contributed by atoms with van der Waals surface area (Å²) in [6.45, 7) is 2.54. The second kappa shape index (κ2) is 7.53. The highest BCUT2D eigenvalue weighted by molar-refractivity contribution is 5.93. The molecule has 0 N–H and O–H groups in total. The Labute approximate surface area is 174 Å². The first-order valence-electron chi connectivity index (χ1n) is 9.92. The number of rotatable bonds is 4. The first kappa shape index (κ1) is 18.2. The van der Waals surface area contributed by atoms with Gasteiger partial charge in [-0.05, 0) is 46.5 Å². The third-order valence-electron chi connectivity index (χ3n) is 5.46. The van der Waals surface area contributed by atoms with Crippen molar-refractivity contribution in [3.8, 4) is 16.9 Å². The molecule has 0 saturated heterocycles. The number of aryl methyl sites for hydroxylation is 1. The molecule has 1 heterocycles. The van der Waals surface area contributed by atoms with E-state index >= 15 is 0 Å². The summed E-state index contributed by atoms with van der Waals surface area (Å²) in [7, 11) is 0. The lowest BCUT2D eigenvalue weighted by Gasteiger charge is -2.13. The van der Waals surface area contributed by atoms with Crippen LogP contribution in [0.25, 0.3) is 32.9 Å². The molecule has 0 saturated carbocycles. The summed E-state index contributed by atoms with van der Waals surface area (Å²) < 4.78 is 11.6. The van der Waals surface area contributed by atoms with E-state index in [1.165, 1.54) is 22.4 Å². The van der Waals surface area contributed by atoms with Crippen molar-refractivity contribution in [2.24, 2.45) is 0 Å². The van der Waals surface area contributed by atoms with E-state index in [9.17, 15) is 4.79 Å². The molecule has 146 valence electrons. The maximum absolute atomic E-state index is 12.2. The van der Waals surface area contributed by atoms with Crippen molar-refractivity contribution < 1.29 is 9.15 Å². The van der Waals surface area contributed by atoms with Crippen LogP contribution in [-0.2, 0) is 6.61 Å². The molecule has 1 aromatic heterocycles. The summed E-state index contributed by atoms with van der Waals surface area (Å²) in [5, 5.41) is 3.27. The lowest BCUT2D eigenvalue weighted by molar-refractivity contribution is 0.307. The third-order valence-corrected chi connectivity index (χ3v) is 5.46. The molecule has 30 heavy (non-hydrogen) atoms. The highest BCUT2D eigenvalue weighted by Gasteiger charge is 2.10. The standard InChI is InChI=1S/C27H20O3/c1-18-11-12-20-9-5-6-10-22(20)25(18)17-29-21-13-14-23-24(19-7-3-2-4-8-19)16-27(28)30-26(23)15-21/h2-16H,17H2,1H3. The second-order valence-electron chi connectivity index (χ2n) is 7.37. The van der Waals surface area contributed by atoms with E-state index in [0.29, 0.717) is 17.9 Å². The van der Waals surface area contributed by atoms with Gasteiger partial charge in [0.05, 0.1) is 0 Å². The average molecular weight is 392 g/mol. The van der Waals surface area contributed by atoms with Gasteiger partial charge in [-0.2, -0.15) is 0 Å². The van der Waals surface area contributed by atoms with Crippen LogP contribution in [0.3, 0.4) is 0 Å². The largest absolute Gasteiger partial charge is 0.489 e. The maximum Gasteiger partial charge on any atom is 0.336 e. The lowest BCUT2D eigenvalue weighted by Crippen LogP contribution is -2.01. The Kier molecular flexibility index (Phi) is 4.56. The normalized spacial score (nSPS) is 11.1. The van der Waals surface area contributed by atoms with Gasteiger partial charge in [-0.15, -0.1) is 0 Å². The van der Waals surface area contributed by atoms with Crippen molar-refractivity contribution in [2.45, 2.75) is 13.5 Å². The zero-order valence-corrected chi connectivity index (χ0v) is 16.6. The Morgan fingerprint density at radius 3 is 2.47 bits per heavy atom. The van der Waals surface area contributed by atoms with Crippen molar-refractivity contribution in [1.29, 1.82) is 0 Å². The summed E-state index contributed by atoms with van der Waals surface area (Å²) in [6, 6.07) is 29.6. The van der Waals surface area contributed by atoms with E-state index < -0.39 is 0 Å². The Hall–Kier alpha value is -3.85. The van der Waals surface area contributed by atoms with Crippen LogP contribution in [0.4, 0.5) is 0 Å². The van der Waals surface area contributed by atoms with Gasteiger partial charge in [0.25, 0.3) is 0 Å². The highest BCUT2D eigenvalue weighted by atomic mass is 16.5. The topological polar surface area (TPSA) is 39.4 Å². The molecule has 3 nitrogen and oxygen atoms in total. The van der Waals surface area contributed by atoms with Gasteiger partial charge in [0, 0.05) is 23.1 Å². The number of hydrogen-bond acceptors (Lipinski definition) is 3. The Bertz CT molecular complexity index is 1420. The van der Waals surface area contributed by atoms with Crippen molar-refractivity contribution >= 4 is 21.7 Å². The molecule has 0 aliphatic rings. The third kappa shape index (κ3) is 3.35. The summed E-state index contributed by atoms with van der Waals surface area (Å²) in [4.78, 5) is 12.2. The average Bonchev–Trinajstić information content (AvgIpc) is 2.78. The van der Waals surface area contributed by atoms with E-state index in [-0.39, 0.29) is 5.63 Å². The predicted octanol–water partition coefficient (Wildman–Crippen LogP) is 6.50. The van der Waals surface area contributed by atoms with Gasteiger partial charge < -0.3 is 9.15 Å². The molecule has 4 aromatic carbocycles. The van der Waals surface area contributed by atoms with E-state index in [0.717, 1.165) is 22.1 Å². The summed E-state index contributed by atoms with van der Waals surface area (Å²) in [5.74, 6) is 0.670. The highest BCUT2D eigenvalue weighted by Crippen LogP contribution is 2.30. The van der Waals surface area contributed by atoms with Gasteiger partial charge in [0.15, 0.2) is 0 Å². The smallest absolute Gasteiger partial charge is 0.336 e. The van der Waals surface area contributed by atoms with E-state index in [1.54, 1.807) is 6.07 Å². The molecule has 0 atom stereocenters. The minimum absolute atomic E-state index is 0.372. The van der Waals surface area contributed by atoms with E-state index in [1.807, 2.05) is 54.6 Å². The molecule has 0 bridgehead atoms. The Morgan fingerprint density at radius 2 is 1.60 bits per heavy atom. The zero-order chi connectivity index (χ0) is 20.5. The van der Waals surface area contributed by atoms with E-state index in [2.05, 4.69) is 31.2 Å². The van der Waals surface area contributed by atoms with Gasteiger partial charge in [0.2, 0.25) is 0 Å². The SMILES string of the molecule is Cc1ccc2ccccc2c1COc1ccc2c(-c3ccccc3)cc(=O)oc2c1. The molecule has 0 radical (unpaired) electrons. The van der Waals surface area contributed by atoms with E-state index in [4.69, 9.17) is 9.15 Å². The fourth-order valence-electron chi connectivity index (χ4n) is 3.88. The molecule has 0 aliphatic carbocycles. The maximum atomic E-state index is 12.2. The number of fused-ring (bicyclic) bond motifs is 2. The van der Waals surface area contributed by atoms with Gasteiger partial charge >= 0.3 is 5.63 Å². The first-order valence-corrected chi connectivity index (χ1v) is 9.92. The summed E-state index contributed by atoms with van der Waals surface area (Å²) >= 11 is 0. The van der Waals surface area contributed by atoms with Crippen molar-refractivity contribution in [3.63, 3.8) is 0 Å². The zero-order valence-electron chi connectivity index (χ0n) is 16.6. The van der Waals surface area contributed by atoms with Crippen LogP contribution in [0.5, 0.6) is 5.75 Å². The van der Waals surface area contributed by atoms with Crippen molar-refractivity contribution in [2.75, 3.05) is 0 Å². The van der Waals surface area contributed by atoms with Gasteiger partial charge in [-0.1, -0.05) is 66.7 Å². The quantitative estimate of drug-likeness (QED) is 0.328. The van der Waals surface area contributed by atoms with Crippen LogP contribution >= 0.6 is 0 Å². The molecule has 0 amide bonds. The molecule has 0 aliphatic heterocycles. The van der Waals surface area contributed by atoms with Gasteiger partial charge in [-0.25, -0.2) is 4.79 Å². The van der Waals surface area contributed by atoms with Gasteiger partial charge in [-0.3, -0.25) is 0 Å². The molecular weight excluding hydrogens is 372 g/mol. The van der Waals surface area contributed by atoms with Crippen LogP contribution in [0, 0.1) is 6.92 Å². The van der Waals surface area contributed by atoms with Crippen LogP contribution < -0.4 is 10.4 Å². The van der Waals surface area contributed by atoms with Crippen LogP contribution in [0.15, 0.2) is 100 Å². The molecule has 0 fully saturated rings. The lowest BCUT2D eigenvalue weighted by atomic mass is 10.0. The van der Waals surface area contributed by atoms with Gasteiger partial charge in [0.1, 0.15) is 17.9 Å². The van der Waals surface area contributed by atoms with Crippen LogP contribution in [0.1, 0.15) is 11.1 Å². The predicted molar refractivity (Wildman–Crippen MR) is 121 cm³/mol. The molecule has 0 unspecified atom stereocenters. The number of hydrogen-bond donors (Lipinski definition) is 0. The van der Waals surface area contributed by atoms with Crippen LogP contribution in [-0.4, -0.2) is 0 Å². The van der Waals surface area contributed by atoms with Crippen molar-refractivity contribution in [1.82, 2.24) is 0 Å². The number of benzene rings is 4. The summed E-state index contributed by atoms with van der Waals surface area (Å²) in [5.41, 5.74) is 4.34. The molecule has 3 heteroatoms. The Morgan fingerprint density at radius 1 is 0.800 bits per heavy atom.